The minimum absolute atomic E-state index is 0.0754. The molecule has 0 spiro atoms. The van der Waals surface area contributed by atoms with Gasteiger partial charge in [-0.1, -0.05) is 6.07 Å². The van der Waals surface area contributed by atoms with Crippen LogP contribution in [0.25, 0.3) is 0 Å². The Kier molecular flexibility index (Phi) is 2.95. The number of hydrogen-bond acceptors (Lipinski definition) is 2. The lowest BCUT2D eigenvalue weighted by Crippen LogP contribution is -2.28. The van der Waals surface area contributed by atoms with Crippen LogP contribution in [0.2, 0.25) is 0 Å². The molecule has 0 radical (unpaired) electrons. The highest BCUT2D eigenvalue weighted by Crippen LogP contribution is 2.31. The normalized spacial score (nSPS) is 20.2. The molecule has 1 aromatic rings. The molecule has 16 heavy (non-hydrogen) atoms. The summed E-state index contributed by atoms with van der Waals surface area (Å²) < 4.78 is 13.8. The molecule has 2 rings (SSSR count). The molecule has 1 saturated heterocycles. The fraction of sp³-hybridized carbons (Fsp3) is 0.462. The van der Waals surface area contributed by atoms with Crippen molar-refractivity contribution in [2.45, 2.75) is 32.7 Å². The molecule has 3 heteroatoms. The number of Topliss-reactive ketones (excluding diaryl/α,β-unsaturated/α-hetero) is 1. The number of benzene rings is 1. The van der Waals surface area contributed by atoms with Gasteiger partial charge in [-0.05, 0) is 38.8 Å². The maximum Gasteiger partial charge on any atom is 0.161 e. The largest absolute Gasteiger partial charge is 0.366 e. The molecular formula is C13H16FNO. The van der Waals surface area contributed by atoms with Gasteiger partial charge in [0.25, 0.3) is 0 Å². The molecule has 0 aliphatic carbocycles. The first-order chi connectivity index (χ1) is 7.61. The lowest BCUT2D eigenvalue weighted by atomic mass is 10.1. The summed E-state index contributed by atoms with van der Waals surface area (Å²) >= 11 is 0. The minimum Gasteiger partial charge on any atom is -0.366 e. The van der Waals surface area contributed by atoms with Crippen molar-refractivity contribution in [3.8, 4) is 0 Å². The number of hydrogen-bond donors (Lipinski definition) is 0. The zero-order valence-electron chi connectivity index (χ0n) is 9.66. The molecule has 2 nitrogen and oxygen atoms in total. The first-order valence-corrected chi connectivity index (χ1v) is 5.67. The van der Waals surface area contributed by atoms with E-state index in [1.165, 1.54) is 13.0 Å². The number of anilines is 1. The standard InChI is InChI=1S/C13H16FNO/c1-9-5-4-8-15(9)13-11(10(2)16)6-3-7-12(13)14/h3,6-7,9H,4-5,8H2,1-2H3. The van der Waals surface area contributed by atoms with Crippen molar-refractivity contribution < 1.29 is 9.18 Å². The van der Waals surface area contributed by atoms with Crippen LogP contribution in [0.5, 0.6) is 0 Å². The van der Waals surface area contributed by atoms with Crippen LogP contribution in [-0.2, 0) is 0 Å². The van der Waals surface area contributed by atoms with Crippen LogP contribution in [0, 0.1) is 5.82 Å². The van der Waals surface area contributed by atoms with Crippen molar-refractivity contribution in [1.29, 1.82) is 0 Å². The average molecular weight is 221 g/mol. The summed E-state index contributed by atoms with van der Waals surface area (Å²) in [6.07, 6.45) is 2.12. The van der Waals surface area contributed by atoms with Gasteiger partial charge in [0.1, 0.15) is 5.82 Å². The molecule has 1 atom stereocenters. The maximum atomic E-state index is 13.8. The molecule has 0 N–H and O–H groups in total. The van der Waals surface area contributed by atoms with E-state index in [0.29, 0.717) is 17.3 Å². The maximum absolute atomic E-state index is 13.8. The Hall–Kier alpha value is -1.38. The fourth-order valence-corrected chi connectivity index (χ4v) is 2.36. The lowest BCUT2D eigenvalue weighted by Gasteiger charge is -2.26. The van der Waals surface area contributed by atoms with Gasteiger partial charge < -0.3 is 4.90 Å². The third kappa shape index (κ3) is 1.82. The predicted molar refractivity (Wildman–Crippen MR) is 62.4 cm³/mol. The van der Waals surface area contributed by atoms with Crippen LogP contribution in [0.15, 0.2) is 18.2 Å². The molecule has 1 aliphatic heterocycles. The van der Waals surface area contributed by atoms with E-state index in [9.17, 15) is 9.18 Å². The van der Waals surface area contributed by atoms with E-state index in [-0.39, 0.29) is 11.6 Å². The zero-order valence-corrected chi connectivity index (χ0v) is 9.66. The molecule has 1 heterocycles. The fourth-order valence-electron chi connectivity index (χ4n) is 2.36. The quantitative estimate of drug-likeness (QED) is 0.715. The molecule has 0 bridgehead atoms. The average Bonchev–Trinajstić information content (AvgIpc) is 2.64. The summed E-state index contributed by atoms with van der Waals surface area (Å²) in [4.78, 5) is 13.5. The van der Waals surface area contributed by atoms with Crippen LogP contribution < -0.4 is 4.90 Å². The lowest BCUT2D eigenvalue weighted by molar-refractivity contribution is 0.101. The minimum atomic E-state index is -0.290. The number of rotatable bonds is 2. The highest BCUT2D eigenvalue weighted by molar-refractivity contribution is 5.99. The van der Waals surface area contributed by atoms with Gasteiger partial charge in [0.2, 0.25) is 0 Å². The first kappa shape index (κ1) is 11.1. The van der Waals surface area contributed by atoms with E-state index in [0.717, 1.165) is 19.4 Å². The molecule has 1 fully saturated rings. The van der Waals surface area contributed by atoms with Crippen molar-refractivity contribution in [3.63, 3.8) is 0 Å². The van der Waals surface area contributed by atoms with Crippen LogP contribution in [-0.4, -0.2) is 18.4 Å². The second-order valence-electron chi connectivity index (χ2n) is 4.38. The van der Waals surface area contributed by atoms with E-state index in [2.05, 4.69) is 6.92 Å². The topological polar surface area (TPSA) is 20.3 Å². The summed E-state index contributed by atoms with van der Waals surface area (Å²) in [6, 6.07) is 5.03. The Labute approximate surface area is 95.1 Å². The molecule has 1 unspecified atom stereocenters. The third-order valence-electron chi connectivity index (χ3n) is 3.21. The molecule has 0 saturated carbocycles. The van der Waals surface area contributed by atoms with Crippen LogP contribution in [0.1, 0.15) is 37.0 Å². The van der Waals surface area contributed by atoms with E-state index >= 15 is 0 Å². The molecular weight excluding hydrogens is 205 g/mol. The SMILES string of the molecule is CC(=O)c1cccc(F)c1N1CCCC1C. The summed E-state index contributed by atoms with van der Waals surface area (Å²) in [5.41, 5.74) is 0.980. The molecule has 1 aromatic carbocycles. The second-order valence-corrected chi connectivity index (χ2v) is 4.38. The third-order valence-corrected chi connectivity index (χ3v) is 3.21. The van der Waals surface area contributed by atoms with E-state index in [4.69, 9.17) is 0 Å². The highest BCUT2D eigenvalue weighted by Gasteiger charge is 2.26. The number of nitrogens with zero attached hydrogens (tertiary/aromatic N) is 1. The molecule has 1 aliphatic rings. The summed E-state index contributed by atoms with van der Waals surface area (Å²) in [6.45, 7) is 4.39. The Morgan fingerprint density at radius 1 is 1.50 bits per heavy atom. The van der Waals surface area contributed by atoms with Crippen molar-refractivity contribution in [1.82, 2.24) is 0 Å². The molecule has 0 amide bonds. The van der Waals surface area contributed by atoms with Crippen molar-refractivity contribution in [3.05, 3.63) is 29.6 Å². The van der Waals surface area contributed by atoms with Crippen molar-refractivity contribution in [2.24, 2.45) is 0 Å². The molecule has 0 aromatic heterocycles. The van der Waals surface area contributed by atoms with E-state index in [1.54, 1.807) is 12.1 Å². The Morgan fingerprint density at radius 2 is 2.25 bits per heavy atom. The first-order valence-electron chi connectivity index (χ1n) is 5.67. The number of ketones is 1. The number of para-hydroxylation sites is 1. The van der Waals surface area contributed by atoms with Crippen LogP contribution in [0.4, 0.5) is 10.1 Å². The van der Waals surface area contributed by atoms with Gasteiger partial charge in [-0.3, -0.25) is 4.79 Å². The van der Waals surface area contributed by atoms with Gasteiger partial charge in [-0.25, -0.2) is 4.39 Å². The van der Waals surface area contributed by atoms with E-state index in [1.807, 2.05) is 4.90 Å². The Morgan fingerprint density at radius 3 is 2.81 bits per heavy atom. The Balaban J connectivity index is 2.49. The van der Waals surface area contributed by atoms with Gasteiger partial charge in [-0.15, -0.1) is 0 Å². The van der Waals surface area contributed by atoms with Crippen LogP contribution in [0.3, 0.4) is 0 Å². The monoisotopic (exact) mass is 221 g/mol. The smallest absolute Gasteiger partial charge is 0.161 e. The number of halogens is 1. The number of carbonyl (C=O) groups excluding carboxylic acids is 1. The summed E-state index contributed by atoms with van der Waals surface area (Å²) in [5, 5.41) is 0. The highest BCUT2D eigenvalue weighted by atomic mass is 19.1. The van der Waals surface area contributed by atoms with E-state index < -0.39 is 0 Å². The summed E-state index contributed by atoms with van der Waals surface area (Å²) in [5.74, 6) is -0.366. The van der Waals surface area contributed by atoms with Crippen molar-refractivity contribution >= 4 is 11.5 Å². The zero-order chi connectivity index (χ0) is 11.7. The van der Waals surface area contributed by atoms with Gasteiger partial charge in [-0.2, -0.15) is 0 Å². The van der Waals surface area contributed by atoms with Gasteiger partial charge in [0.15, 0.2) is 5.78 Å². The van der Waals surface area contributed by atoms with Gasteiger partial charge in [0.05, 0.1) is 5.69 Å². The molecule has 86 valence electrons. The van der Waals surface area contributed by atoms with Gasteiger partial charge in [0, 0.05) is 18.2 Å². The Bertz CT molecular complexity index is 416. The summed E-state index contributed by atoms with van der Waals surface area (Å²) in [7, 11) is 0. The number of carbonyl (C=O) groups is 1. The van der Waals surface area contributed by atoms with Gasteiger partial charge >= 0.3 is 0 Å². The predicted octanol–water partition coefficient (Wildman–Crippen LogP) is 3.02. The van der Waals surface area contributed by atoms with Crippen LogP contribution >= 0.6 is 0 Å². The second kappa shape index (κ2) is 4.24. The van der Waals surface area contributed by atoms with Crippen molar-refractivity contribution in [2.75, 3.05) is 11.4 Å².